The lowest BCUT2D eigenvalue weighted by atomic mass is 9.85. The van der Waals surface area contributed by atoms with Gasteiger partial charge in [0.15, 0.2) is 0 Å². The minimum absolute atomic E-state index is 0.667. The molecule has 1 saturated carbocycles. The minimum Gasteiger partial charge on any atom is -0.380 e. The van der Waals surface area contributed by atoms with Gasteiger partial charge in [-0.05, 0) is 55.8 Å². The van der Waals surface area contributed by atoms with Gasteiger partial charge in [0.1, 0.15) is 0 Å². The lowest BCUT2D eigenvalue weighted by Gasteiger charge is -2.36. The van der Waals surface area contributed by atoms with Crippen molar-refractivity contribution in [3.8, 4) is 0 Å². The Kier molecular flexibility index (Phi) is 6.21. The minimum atomic E-state index is 0.667. The average Bonchev–Trinajstić information content (AvgIpc) is 2.67. The molecule has 27 heavy (non-hydrogen) atoms. The molecule has 2 N–H and O–H groups in total. The molecule has 2 fully saturated rings. The van der Waals surface area contributed by atoms with E-state index in [0.29, 0.717) is 6.04 Å². The first-order valence-corrected chi connectivity index (χ1v) is 10.7. The van der Waals surface area contributed by atoms with Crippen LogP contribution in [0.1, 0.15) is 37.7 Å². The van der Waals surface area contributed by atoms with Gasteiger partial charge in [0.05, 0.1) is 16.4 Å². The van der Waals surface area contributed by atoms with Crippen LogP contribution < -0.4 is 15.5 Å². The Morgan fingerprint density at radius 2 is 1.70 bits per heavy atom. The largest absolute Gasteiger partial charge is 0.380 e. The van der Waals surface area contributed by atoms with Gasteiger partial charge in [0.2, 0.25) is 0 Å². The molecule has 0 bridgehead atoms. The Morgan fingerprint density at radius 3 is 2.41 bits per heavy atom. The summed E-state index contributed by atoms with van der Waals surface area (Å²) in [5, 5.41) is 8.12. The van der Waals surface area contributed by atoms with Crippen LogP contribution in [-0.4, -0.2) is 25.7 Å². The standard InChI is InChI=1S/C23H30ClN3/c24-23-21(26-17-18-6-2-1-3-7-18)10-5-11-22(23)27-14-12-20(13-15-27)25-16-19-8-4-9-19/h1-3,5-7,10-11,19-20,25-26H,4,8-9,12-17H2. The van der Waals surface area contributed by atoms with Gasteiger partial charge in [-0.2, -0.15) is 0 Å². The van der Waals surface area contributed by atoms with Crippen LogP contribution in [0, 0.1) is 5.92 Å². The van der Waals surface area contributed by atoms with Gasteiger partial charge >= 0.3 is 0 Å². The second-order valence-corrected chi connectivity index (χ2v) is 8.32. The van der Waals surface area contributed by atoms with Gasteiger partial charge in [-0.15, -0.1) is 0 Å². The summed E-state index contributed by atoms with van der Waals surface area (Å²) >= 11 is 6.75. The highest BCUT2D eigenvalue weighted by molar-refractivity contribution is 6.36. The molecule has 0 spiro atoms. The lowest BCUT2D eigenvalue weighted by Crippen LogP contribution is -2.44. The maximum atomic E-state index is 6.75. The molecule has 2 aromatic rings. The van der Waals surface area contributed by atoms with Crippen molar-refractivity contribution in [1.29, 1.82) is 0 Å². The molecule has 1 heterocycles. The molecule has 0 aromatic heterocycles. The first-order chi connectivity index (χ1) is 13.3. The fourth-order valence-electron chi connectivity index (χ4n) is 4.05. The van der Waals surface area contributed by atoms with Crippen molar-refractivity contribution < 1.29 is 0 Å². The Morgan fingerprint density at radius 1 is 0.926 bits per heavy atom. The summed E-state index contributed by atoms with van der Waals surface area (Å²) in [5.74, 6) is 0.935. The quantitative estimate of drug-likeness (QED) is 0.678. The highest BCUT2D eigenvalue weighted by atomic mass is 35.5. The van der Waals surface area contributed by atoms with Crippen molar-refractivity contribution in [3.05, 3.63) is 59.1 Å². The molecule has 0 radical (unpaired) electrons. The van der Waals surface area contributed by atoms with Crippen molar-refractivity contribution in [2.45, 2.75) is 44.7 Å². The maximum absolute atomic E-state index is 6.75. The maximum Gasteiger partial charge on any atom is 0.0870 e. The highest BCUT2D eigenvalue weighted by Crippen LogP contribution is 2.34. The van der Waals surface area contributed by atoms with Crippen LogP contribution in [0.25, 0.3) is 0 Å². The molecule has 2 aliphatic rings. The van der Waals surface area contributed by atoms with Crippen molar-refractivity contribution in [1.82, 2.24) is 5.32 Å². The van der Waals surface area contributed by atoms with Crippen molar-refractivity contribution in [2.75, 3.05) is 29.9 Å². The molecule has 1 aliphatic carbocycles. The van der Waals surface area contributed by atoms with E-state index in [9.17, 15) is 0 Å². The predicted molar refractivity (Wildman–Crippen MR) is 116 cm³/mol. The van der Waals surface area contributed by atoms with E-state index in [-0.39, 0.29) is 0 Å². The zero-order valence-corrected chi connectivity index (χ0v) is 16.7. The molecule has 0 atom stereocenters. The third-order valence-corrected chi connectivity index (χ3v) is 6.46. The summed E-state index contributed by atoms with van der Waals surface area (Å²) in [7, 11) is 0. The van der Waals surface area contributed by atoms with E-state index >= 15 is 0 Å². The first kappa shape index (κ1) is 18.6. The number of hydrogen-bond acceptors (Lipinski definition) is 3. The summed E-state index contributed by atoms with van der Waals surface area (Å²) in [4.78, 5) is 2.44. The topological polar surface area (TPSA) is 27.3 Å². The van der Waals surface area contributed by atoms with Gasteiger partial charge in [0, 0.05) is 25.7 Å². The van der Waals surface area contributed by atoms with Gasteiger partial charge in [-0.1, -0.05) is 54.4 Å². The van der Waals surface area contributed by atoms with E-state index in [2.05, 4.69) is 58.0 Å². The zero-order chi connectivity index (χ0) is 18.5. The van der Waals surface area contributed by atoms with Crippen molar-refractivity contribution in [3.63, 3.8) is 0 Å². The molecule has 0 unspecified atom stereocenters. The van der Waals surface area contributed by atoms with Crippen molar-refractivity contribution in [2.24, 2.45) is 5.92 Å². The fraction of sp³-hybridized carbons (Fsp3) is 0.478. The molecule has 0 amide bonds. The highest BCUT2D eigenvalue weighted by Gasteiger charge is 2.23. The average molecular weight is 384 g/mol. The third-order valence-electron chi connectivity index (χ3n) is 6.06. The van der Waals surface area contributed by atoms with E-state index in [4.69, 9.17) is 11.6 Å². The van der Waals surface area contributed by atoms with Gasteiger partial charge in [0.25, 0.3) is 0 Å². The second-order valence-electron chi connectivity index (χ2n) is 7.94. The monoisotopic (exact) mass is 383 g/mol. The molecule has 2 aromatic carbocycles. The lowest BCUT2D eigenvalue weighted by molar-refractivity contribution is 0.278. The van der Waals surface area contributed by atoms with Crippen LogP contribution in [0.4, 0.5) is 11.4 Å². The Hall–Kier alpha value is -1.71. The third kappa shape index (κ3) is 4.77. The van der Waals surface area contributed by atoms with Gasteiger partial charge in [-0.25, -0.2) is 0 Å². The number of piperidine rings is 1. The van der Waals surface area contributed by atoms with Crippen LogP contribution in [0.15, 0.2) is 48.5 Å². The van der Waals surface area contributed by atoms with Crippen molar-refractivity contribution >= 4 is 23.0 Å². The summed E-state index contributed by atoms with van der Waals surface area (Å²) in [6, 6.07) is 17.4. The van der Waals surface area contributed by atoms with E-state index < -0.39 is 0 Å². The molecule has 4 rings (SSSR count). The van der Waals surface area contributed by atoms with E-state index in [1.54, 1.807) is 0 Å². The number of halogens is 1. The smallest absolute Gasteiger partial charge is 0.0870 e. The summed E-state index contributed by atoms with van der Waals surface area (Å²) in [5.41, 5.74) is 3.44. The van der Waals surface area contributed by atoms with E-state index in [1.165, 1.54) is 44.2 Å². The molecular weight excluding hydrogens is 354 g/mol. The summed E-state index contributed by atoms with van der Waals surface area (Å²) in [6.07, 6.45) is 6.67. The first-order valence-electron chi connectivity index (χ1n) is 10.3. The van der Waals surface area contributed by atoms with Gasteiger partial charge in [-0.3, -0.25) is 0 Å². The molecular formula is C23H30ClN3. The molecule has 4 heteroatoms. The number of nitrogens with one attached hydrogen (secondary N) is 2. The van der Waals surface area contributed by atoms with Crippen LogP contribution in [0.3, 0.4) is 0 Å². The molecule has 144 valence electrons. The summed E-state index contributed by atoms with van der Waals surface area (Å²) < 4.78 is 0. The Bertz CT molecular complexity index is 722. The second kappa shape index (κ2) is 8.99. The van der Waals surface area contributed by atoms with E-state index in [1.807, 2.05) is 6.07 Å². The number of nitrogens with zero attached hydrogens (tertiary/aromatic N) is 1. The van der Waals surface area contributed by atoms with Crippen LogP contribution in [0.2, 0.25) is 5.02 Å². The number of rotatable bonds is 7. The number of benzene rings is 2. The van der Waals surface area contributed by atoms with Crippen LogP contribution in [-0.2, 0) is 6.54 Å². The van der Waals surface area contributed by atoms with E-state index in [0.717, 1.165) is 41.9 Å². The molecule has 1 aliphatic heterocycles. The van der Waals surface area contributed by atoms with Crippen LogP contribution >= 0.6 is 11.6 Å². The fourth-order valence-corrected chi connectivity index (χ4v) is 4.36. The number of anilines is 2. The summed E-state index contributed by atoms with van der Waals surface area (Å²) in [6.45, 7) is 4.15. The predicted octanol–water partition coefficient (Wildman–Crippen LogP) is 5.31. The van der Waals surface area contributed by atoms with Crippen LogP contribution in [0.5, 0.6) is 0 Å². The Labute approximate surface area is 168 Å². The molecule has 3 nitrogen and oxygen atoms in total. The van der Waals surface area contributed by atoms with Gasteiger partial charge < -0.3 is 15.5 Å². The normalized spacial score (nSPS) is 18.3. The number of hydrogen-bond donors (Lipinski definition) is 2. The Balaban J connectivity index is 1.32. The molecule has 1 saturated heterocycles. The SMILES string of the molecule is Clc1c(NCc2ccccc2)cccc1N1CCC(NCC2CCC2)CC1. The zero-order valence-electron chi connectivity index (χ0n) is 16.0.